The number of nitrogens with zero attached hydrogens (tertiary/aromatic N) is 3. The fourth-order valence-corrected chi connectivity index (χ4v) is 5.93. The van der Waals surface area contributed by atoms with Crippen LogP contribution in [0.25, 0.3) is 0 Å². The summed E-state index contributed by atoms with van der Waals surface area (Å²) >= 11 is 0. The summed E-state index contributed by atoms with van der Waals surface area (Å²) in [5, 5.41) is 10.3. The number of unbranched alkanes of at least 4 members (excludes halogenated alkanes) is 1. The van der Waals surface area contributed by atoms with E-state index in [4.69, 9.17) is 9.47 Å². The lowest BCUT2D eigenvalue weighted by atomic mass is 9.84. The van der Waals surface area contributed by atoms with Gasteiger partial charge in [0.15, 0.2) is 11.5 Å². The van der Waals surface area contributed by atoms with Crippen molar-refractivity contribution in [3.63, 3.8) is 0 Å². The van der Waals surface area contributed by atoms with E-state index >= 15 is 0 Å². The monoisotopic (exact) mass is 569 g/mol. The van der Waals surface area contributed by atoms with E-state index in [0.717, 1.165) is 42.1 Å². The number of fused-ring (bicyclic) bond motifs is 1. The third-order valence-electron chi connectivity index (χ3n) is 7.39. The molecule has 2 heterocycles. The number of carboxylic acid groups (broad SMARTS) is 1. The second-order valence-corrected chi connectivity index (χ2v) is 13.5. The molecule has 0 radical (unpaired) electrons. The van der Waals surface area contributed by atoms with Crippen molar-refractivity contribution in [2.24, 2.45) is 5.92 Å². The molecule has 39 heavy (non-hydrogen) atoms. The Morgan fingerprint density at radius 1 is 1.15 bits per heavy atom. The van der Waals surface area contributed by atoms with Crippen molar-refractivity contribution in [2.75, 3.05) is 73.5 Å². The van der Waals surface area contributed by atoms with E-state index in [1.807, 2.05) is 21.9 Å². The third-order valence-corrected chi connectivity index (χ3v) is 8.12. The Kier molecular flexibility index (Phi) is 10.6. The SMILES string of the molecule is CCCCN(CCC[N+](C)(C)C)C(=O)CN1C[C@H](c2ccc3c(c2)OCO3)[C@@H](C(=O)O)[C@@H]1CCNS(C)(=O)=O. The summed E-state index contributed by atoms with van der Waals surface area (Å²) in [6, 6.07) is 4.93. The number of nitrogens with one attached hydrogen (secondary N) is 1. The van der Waals surface area contributed by atoms with Gasteiger partial charge in [-0.2, -0.15) is 0 Å². The fourth-order valence-electron chi connectivity index (χ4n) is 5.45. The number of quaternary nitrogens is 1. The molecule has 11 nitrogen and oxygen atoms in total. The molecule has 0 aromatic heterocycles. The van der Waals surface area contributed by atoms with E-state index in [1.165, 1.54) is 0 Å². The van der Waals surface area contributed by atoms with E-state index in [0.29, 0.717) is 31.1 Å². The van der Waals surface area contributed by atoms with Crippen LogP contribution in [0, 0.1) is 5.92 Å². The molecular weight excluding hydrogens is 524 g/mol. The molecule has 0 aliphatic carbocycles. The average molecular weight is 570 g/mol. The topological polar surface area (TPSA) is 125 Å². The van der Waals surface area contributed by atoms with Gasteiger partial charge in [0.05, 0.1) is 46.4 Å². The number of benzene rings is 1. The quantitative estimate of drug-likeness (QED) is 0.305. The van der Waals surface area contributed by atoms with Crippen LogP contribution in [0.15, 0.2) is 18.2 Å². The molecule has 12 heteroatoms. The van der Waals surface area contributed by atoms with Gasteiger partial charge in [0.25, 0.3) is 0 Å². The van der Waals surface area contributed by atoms with E-state index < -0.39 is 33.9 Å². The van der Waals surface area contributed by atoms with Crippen LogP contribution in [0.3, 0.4) is 0 Å². The molecule has 1 aromatic rings. The van der Waals surface area contributed by atoms with Crippen molar-refractivity contribution >= 4 is 21.9 Å². The zero-order chi connectivity index (χ0) is 28.8. The van der Waals surface area contributed by atoms with E-state index in [9.17, 15) is 23.1 Å². The molecule has 0 saturated carbocycles. The molecule has 3 atom stereocenters. The Morgan fingerprint density at radius 3 is 2.49 bits per heavy atom. The van der Waals surface area contributed by atoms with Crippen LogP contribution in [0.4, 0.5) is 0 Å². The second kappa shape index (κ2) is 13.3. The molecule has 0 spiro atoms. The van der Waals surface area contributed by atoms with Crippen LogP contribution >= 0.6 is 0 Å². The summed E-state index contributed by atoms with van der Waals surface area (Å²) in [6.45, 7) is 5.00. The molecule has 2 N–H and O–H groups in total. The molecular formula is C27H45N4O7S+. The number of hydrogen-bond acceptors (Lipinski definition) is 7. The molecule has 1 amide bonds. The average Bonchev–Trinajstić information content (AvgIpc) is 3.44. The molecule has 3 rings (SSSR count). The molecule has 0 bridgehead atoms. The van der Waals surface area contributed by atoms with Crippen LogP contribution in [0.2, 0.25) is 0 Å². The maximum atomic E-state index is 13.6. The Labute approximate surface area is 232 Å². The molecule has 220 valence electrons. The molecule has 1 aromatic carbocycles. The van der Waals surface area contributed by atoms with Gasteiger partial charge in [0, 0.05) is 44.6 Å². The largest absolute Gasteiger partial charge is 0.481 e. The third kappa shape index (κ3) is 9.06. The smallest absolute Gasteiger partial charge is 0.308 e. The lowest BCUT2D eigenvalue weighted by Crippen LogP contribution is -2.46. The normalized spacial score (nSPS) is 21.3. The molecule has 2 aliphatic rings. The number of carbonyl (C=O) groups excluding carboxylic acids is 1. The second-order valence-electron chi connectivity index (χ2n) is 11.6. The van der Waals surface area contributed by atoms with Gasteiger partial charge in [-0.05, 0) is 30.5 Å². The van der Waals surface area contributed by atoms with Gasteiger partial charge in [-0.1, -0.05) is 19.4 Å². The predicted octanol–water partition coefficient (Wildman–Crippen LogP) is 1.55. The summed E-state index contributed by atoms with van der Waals surface area (Å²) < 4.78 is 37.6. The van der Waals surface area contributed by atoms with Crippen molar-refractivity contribution in [3.05, 3.63) is 23.8 Å². The summed E-state index contributed by atoms with van der Waals surface area (Å²) in [7, 11) is 2.94. The summed E-state index contributed by atoms with van der Waals surface area (Å²) in [5.74, 6) is -1.02. The first-order valence-electron chi connectivity index (χ1n) is 13.7. The fraction of sp³-hybridized carbons (Fsp3) is 0.704. The van der Waals surface area contributed by atoms with E-state index in [-0.39, 0.29) is 32.2 Å². The summed E-state index contributed by atoms with van der Waals surface area (Å²) in [5.41, 5.74) is 0.799. The van der Waals surface area contributed by atoms with Crippen molar-refractivity contribution in [1.82, 2.24) is 14.5 Å². The van der Waals surface area contributed by atoms with Crippen molar-refractivity contribution in [3.8, 4) is 11.5 Å². The number of rotatable bonds is 15. The highest BCUT2D eigenvalue weighted by atomic mass is 32.2. The highest BCUT2D eigenvalue weighted by molar-refractivity contribution is 7.88. The van der Waals surface area contributed by atoms with Crippen LogP contribution in [0.1, 0.15) is 44.1 Å². The van der Waals surface area contributed by atoms with Gasteiger partial charge in [-0.15, -0.1) is 0 Å². The summed E-state index contributed by atoms with van der Waals surface area (Å²) in [4.78, 5) is 30.0. The Balaban J connectivity index is 1.83. The lowest BCUT2D eigenvalue weighted by Gasteiger charge is -2.30. The number of carbonyl (C=O) groups is 2. The number of ether oxygens (including phenoxy) is 2. The number of hydrogen-bond donors (Lipinski definition) is 2. The minimum atomic E-state index is -3.44. The van der Waals surface area contributed by atoms with Crippen molar-refractivity contribution in [1.29, 1.82) is 0 Å². The zero-order valence-corrected chi connectivity index (χ0v) is 24.7. The first-order chi connectivity index (χ1) is 18.3. The van der Waals surface area contributed by atoms with Gasteiger partial charge < -0.3 is 24.0 Å². The maximum Gasteiger partial charge on any atom is 0.308 e. The first-order valence-corrected chi connectivity index (χ1v) is 15.6. The Hall–Kier alpha value is -2.41. The van der Waals surface area contributed by atoms with Crippen LogP contribution in [-0.2, 0) is 19.6 Å². The van der Waals surface area contributed by atoms with Crippen LogP contribution < -0.4 is 14.2 Å². The van der Waals surface area contributed by atoms with Gasteiger partial charge in [-0.25, -0.2) is 13.1 Å². The van der Waals surface area contributed by atoms with Gasteiger partial charge in [-0.3, -0.25) is 14.5 Å². The highest BCUT2D eigenvalue weighted by Crippen LogP contribution is 2.42. The van der Waals surface area contributed by atoms with Crippen molar-refractivity contribution < 1.29 is 37.1 Å². The predicted molar refractivity (Wildman–Crippen MR) is 148 cm³/mol. The van der Waals surface area contributed by atoms with Crippen molar-refractivity contribution in [2.45, 2.75) is 44.6 Å². The number of carboxylic acids is 1. The highest BCUT2D eigenvalue weighted by Gasteiger charge is 2.47. The van der Waals surface area contributed by atoms with E-state index in [1.54, 1.807) is 6.07 Å². The van der Waals surface area contributed by atoms with E-state index in [2.05, 4.69) is 32.8 Å². The molecule has 0 unspecified atom stereocenters. The molecule has 2 aliphatic heterocycles. The molecule has 1 fully saturated rings. The Bertz CT molecular complexity index is 1110. The standard InChI is InChI=1S/C27H44N4O7S/c1-6-7-13-29(14-8-15-31(2,3)4)25(32)18-30-17-21(20-9-10-23-24(16-20)38-19-37-23)26(27(33)34)22(30)11-12-28-39(5,35)36/h9-10,16,21-22,26,28H,6-8,11-15,17-19H2,1-5H3/p+1/t21-,22+,26-/m1/s1. The summed E-state index contributed by atoms with van der Waals surface area (Å²) in [6.07, 6.45) is 4.09. The number of sulfonamides is 1. The minimum absolute atomic E-state index is 0.0265. The number of amides is 1. The number of likely N-dealkylation sites (tertiary alicyclic amines) is 1. The number of aliphatic carboxylic acids is 1. The van der Waals surface area contributed by atoms with Gasteiger partial charge in [0.2, 0.25) is 22.7 Å². The van der Waals surface area contributed by atoms with Crippen LogP contribution in [-0.4, -0.2) is 119 Å². The van der Waals surface area contributed by atoms with Gasteiger partial charge in [0.1, 0.15) is 0 Å². The van der Waals surface area contributed by atoms with Gasteiger partial charge >= 0.3 is 5.97 Å². The minimum Gasteiger partial charge on any atom is -0.481 e. The molecule has 1 saturated heterocycles. The van der Waals surface area contributed by atoms with Crippen LogP contribution in [0.5, 0.6) is 11.5 Å². The lowest BCUT2D eigenvalue weighted by molar-refractivity contribution is -0.870. The zero-order valence-electron chi connectivity index (χ0n) is 23.9. The Morgan fingerprint density at radius 2 is 1.85 bits per heavy atom. The first kappa shape index (κ1) is 31.1. The maximum absolute atomic E-state index is 13.6.